The number of aliphatic hydroxyl groups excluding tert-OH is 1. The van der Waals surface area contributed by atoms with E-state index in [4.69, 9.17) is 4.43 Å². The summed E-state index contributed by atoms with van der Waals surface area (Å²) in [5, 5.41) is 11.0. The number of aliphatic hydroxyl groups is 1. The minimum atomic E-state index is -1.94. The molecule has 5 heteroatoms. The van der Waals surface area contributed by atoms with E-state index in [-0.39, 0.29) is 17.1 Å². The second-order valence-corrected chi connectivity index (χ2v) is 14.4. The summed E-state index contributed by atoms with van der Waals surface area (Å²) in [6.45, 7) is 13.4. The largest absolute Gasteiger partial charge is 0.469 e. The van der Waals surface area contributed by atoms with Crippen LogP contribution in [-0.4, -0.2) is 38.7 Å². The van der Waals surface area contributed by atoms with Crippen molar-refractivity contribution in [3.8, 4) is 0 Å². The molecule has 0 amide bonds. The van der Waals surface area contributed by atoms with E-state index in [0.29, 0.717) is 12.8 Å². The first kappa shape index (κ1) is 29.1. The van der Waals surface area contributed by atoms with E-state index in [9.17, 15) is 9.90 Å². The van der Waals surface area contributed by atoms with E-state index in [1.54, 1.807) is 0 Å². The first-order chi connectivity index (χ1) is 14.0. The smallest absolute Gasteiger partial charge is 0.305 e. The summed E-state index contributed by atoms with van der Waals surface area (Å²) in [6, 6.07) is 0. The van der Waals surface area contributed by atoms with Gasteiger partial charge in [0.05, 0.1) is 19.3 Å². The highest BCUT2D eigenvalue weighted by atomic mass is 28.4. The van der Waals surface area contributed by atoms with E-state index in [1.165, 1.54) is 7.11 Å². The third kappa shape index (κ3) is 13.4. The molecule has 0 aromatic rings. The number of carbonyl (C=O) groups is 1. The van der Waals surface area contributed by atoms with Gasteiger partial charge in [-0.3, -0.25) is 4.79 Å². The lowest BCUT2D eigenvalue weighted by Gasteiger charge is -2.40. The van der Waals surface area contributed by atoms with Crippen LogP contribution in [0.4, 0.5) is 0 Å². The summed E-state index contributed by atoms with van der Waals surface area (Å²) in [4.78, 5) is 11.2. The monoisotopic (exact) mass is 440 g/mol. The first-order valence-electron chi connectivity index (χ1n) is 11.8. The summed E-state index contributed by atoms with van der Waals surface area (Å²) < 4.78 is 11.3. The van der Waals surface area contributed by atoms with Crippen molar-refractivity contribution in [3.05, 3.63) is 24.3 Å². The fourth-order valence-electron chi connectivity index (χ4n) is 2.96. The zero-order valence-corrected chi connectivity index (χ0v) is 21.7. The van der Waals surface area contributed by atoms with Gasteiger partial charge in [-0.25, -0.2) is 0 Å². The van der Waals surface area contributed by atoms with Gasteiger partial charge >= 0.3 is 5.97 Å². The van der Waals surface area contributed by atoms with Crippen molar-refractivity contribution >= 4 is 14.3 Å². The van der Waals surface area contributed by atoms with Gasteiger partial charge in [-0.05, 0) is 50.2 Å². The van der Waals surface area contributed by atoms with Crippen LogP contribution >= 0.6 is 0 Å². The van der Waals surface area contributed by atoms with Gasteiger partial charge in [0.25, 0.3) is 0 Å². The molecule has 0 aromatic heterocycles. The molecule has 0 saturated carbocycles. The molecule has 0 aliphatic heterocycles. The molecule has 1 N–H and O–H groups in total. The molecule has 2 atom stereocenters. The van der Waals surface area contributed by atoms with E-state index in [2.05, 4.69) is 69.8 Å². The van der Waals surface area contributed by atoms with Gasteiger partial charge in [0, 0.05) is 6.42 Å². The van der Waals surface area contributed by atoms with Gasteiger partial charge < -0.3 is 14.3 Å². The van der Waals surface area contributed by atoms with Crippen molar-refractivity contribution in [2.24, 2.45) is 0 Å². The summed E-state index contributed by atoms with van der Waals surface area (Å²) in [5.41, 5.74) is 0. The third-order valence-corrected chi connectivity index (χ3v) is 10.5. The number of hydrogen-bond donors (Lipinski definition) is 1. The van der Waals surface area contributed by atoms with Gasteiger partial charge in [-0.2, -0.15) is 0 Å². The number of methoxy groups -OCH3 is 1. The van der Waals surface area contributed by atoms with Gasteiger partial charge in [0.1, 0.15) is 0 Å². The summed E-state index contributed by atoms with van der Waals surface area (Å²) >= 11 is 0. The van der Waals surface area contributed by atoms with Crippen molar-refractivity contribution in [1.82, 2.24) is 0 Å². The van der Waals surface area contributed by atoms with Crippen LogP contribution < -0.4 is 0 Å². The zero-order chi connectivity index (χ0) is 23.0. The van der Waals surface area contributed by atoms with Crippen LogP contribution in [-0.2, 0) is 14.0 Å². The van der Waals surface area contributed by atoms with E-state index in [0.717, 1.165) is 51.4 Å². The summed E-state index contributed by atoms with van der Waals surface area (Å²) in [7, 11) is -0.503. The molecule has 0 aromatic carbocycles. The Bertz CT molecular complexity index is 506. The molecule has 0 fully saturated rings. The number of unbranched alkanes of at least 4 members (excludes halogenated alkanes) is 4. The third-order valence-electron chi connectivity index (χ3n) is 6.00. The van der Waals surface area contributed by atoms with Crippen molar-refractivity contribution in [2.45, 2.75) is 122 Å². The number of allylic oxidation sites excluding steroid dienone is 3. The second kappa shape index (κ2) is 15.8. The zero-order valence-electron chi connectivity index (χ0n) is 20.7. The van der Waals surface area contributed by atoms with Crippen LogP contribution in [0.3, 0.4) is 0 Å². The van der Waals surface area contributed by atoms with Crippen molar-refractivity contribution in [1.29, 1.82) is 0 Å². The van der Waals surface area contributed by atoms with Crippen LogP contribution in [0, 0.1) is 0 Å². The molecule has 0 bridgehead atoms. The Kier molecular flexibility index (Phi) is 15.3. The highest BCUT2D eigenvalue weighted by Crippen LogP contribution is 2.38. The van der Waals surface area contributed by atoms with E-state index < -0.39 is 14.4 Å². The summed E-state index contributed by atoms with van der Waals surface area (Å²) in [6.07, 6.45) is 17.1. The normalized spacial score (nSPS) is 15.1. The van der Waals surface area contributed by atoms with Crippen LogP contribution in [0.25, 0.3) is 0 Å². The standard InChI is InChI=1S/C25H48O4Si/c1-8-9-10-11-13-16-19-22(26)23(29-30(6,7)25(2,3)4)20-17-14-12-15-18-21-24(27)28-5/h9-10,13,16,22-23,26H,8,11-12,14-15,17-21H2,1-7H3/b10-9-,16-13-/t22?,23-/m1/s1. The average molecular weight is 441 g/mol. The molecule has 0 heterocycles. The topological polar surface area (TPSA) is 55.8 Å². The van der Waals surface area contributed by atoms with Gasteiger partial charge in [0.15, 0.2) is 8.32 Å². The number of carbonyl (C=O) groups excluding carboxylic acids is 1. The molecular formula is C25H48O4Si. The first-order valence-corrected chi connectivity index (χ1v) is 14.7. The predicted octanol–water partition coefficient (Wildman–Crippen LogP) is 6.94. The van der Waals surface area contributed by atoms with Crippen LogP contribution in [0.15, 0.2) is 24.3 Å². The fourth-order valence-corrected chi connectivity index (χ4v) is 4.34. The number of hydrogen-bond acceptors (Lipinski definition) is 4. The molecule has 0 rings (SSSR count). The Hall–Kier alpha value is -0.913. The maximum Gasteiger partial charge on any atom is 0.305 e. The maximum absolute atomic E-state index is 11.2. The second-order valence-electron chi connectivity index (χ2n) is 9.69. The maximum atomic E-state index is 11.2. The average Bonchev–Trinajstić information content (AvgIpc) is 2.67. The highest BCUT2D eigenvalue weighted by molar-refractivity contribution is 6.74. The van der Waals surface area contributed by atoms with Crippen LogP contribution in [0.5, 0.6) is 0 Å². The molecule has 4 nitrogen and oxygen atoms in total. The molecule has 30 heavy (non-hydrogen) atoms. The van der Waals surface area contributed by atoms with E-state index in [1.807, 2.05) is 0 Å². The Morgan fingerprint density at radius 2 is 1.60 bits per heavy atom. The Morgan fingerprint density at radius 1 is 1.00 bits per heavy atom. The predicted molar refractivity (Wildman–Crippen MR) is 130 cm³/mol. The van der Waals surface area contributed by atoms with Crippen molar-refractivity contribution in [2.75, 3.05) is 7.11 Å². The van der Waals surface area contributed by atoms with Crippen LogP contribution in [0.2, 0.25) is 18.1 Å². The Balaban J connectivity index is 4.61. The Morgan fingerprint density at radius 3 is 2.20 bits per heavy atom. The van der Waals surface area contributed by atoms with Gasteiger partial charge in [-0.15, -0.1) is 0 Å². The van der Waals surface area contributed by atoms with Gasteiger partial charge in [-0.1, -0.05) is 77.7 Å². The molecule has 0 saturated heterocycles. The molecular weight excluding hydrogens is 392 g/mol. The van der Waals surface area contributed by atoms with E-state index >= 15 is 0 Å². The van der Waals surface area contributed by atoms with Crippen LogP contribution in [0.1, 0.15) is 91.9 Å². The fraction of sp³-hybridized carbons (Fsp3) is 0.800. The number of rotatable bonds is 16. The minimum Gasteiger partial charge on any atom is -0.469 e. The lowest BCUT2D eigenvalue weighted by molar-refractivity contribution is -0.140. The number of esters is 1. The summed E-state index contributed by atoms with van der Waals surface area (Å²) in [5.74, 6) is -0.126. The molecule has 0 radical (unpaired) electrons. The highest BCUT2D eigenvalue weighted by Gasteiger charge is 2.40. The molecule has 1 unspecified atom stereocenters. The minimum absolute atomic E-state index is 0.114. The molecule has 176 valence electrons. The lowest BCUT2D eigenvalue weighted by atomic mass is 10.0. The quantitative estimate of drug-likeness (QED) is 0.122. The molecule has 0 spiro atoms. The van der Waals surface area contributed by atoms with Crippen molar-refractivity contribution < 1.29 is 19.1 Å². The Labute approximate surface area is 187 Å². The SMILES string of the molecule is CC/C=C\C/C=C\CC(O)[C@@H](CCCCCCCC(=O)OC)O[Si](C)(C)C(C)(C)C. The van der Waals surface area contributed by atoms with Crippen molar-refractivity contribution in [3.63, 3.8) is 0 Å². The number of ether oxygens (including phenoxy) is 1. The molecule has 0 aliphatic rings. The lowest BCUT2D eigenvalue weighted by Crippen LogP contribution is -2.47. The molecule has 0 aliphatic carbocycles. The van der Waals surface area contributed by atoms with Gasteiger partial charge in [0.2, 0.25) is 0 Å².